The molecule has 0 aliphatic heterocycles. The molecule has 0 saturated heterocycles. The van der Waals surface area contributed by atoms with Gasteiger partial charge in [-0.05, 0) is 56.4 Å². The Hall–Kier alpha value is -0.0400. The summed E-state index contributed by atoms with van der Waals surface area (Å²) in [5.74, 6) is 1.82. The fraction of sp³-hybridized carbons (Fsp3) is 1.00. The molecule has 1 unspecified atom stereocenters. The molecule has 17 heavy (non-hydrogen) atoms. The molecule has 1 nitrogen and oxygen atoms in total. The number of rotatable bonds is 5. The van der Waals surface area contributed by atoms with Crippen molar-refractivity contribution >= 4 is 0 Å². The monoisotopic (exact) mass is 237 g/mol. The summed E-state index contributed by atoms with van der Waals surface area (Å²) < 4.78 is 0. The normalized spacial score (nSPS) is 26.8. The molecule has 2 fully saturated rings. The smallest absolute Gasteiger partial charge is 0.0149 e. The lowest BCUT2D eigenvalue weighted by atomic mass is 9.68. The molecule has 2 aliphatic rings. The highest BCUT2D eigenvalue weighted by Crippen LogP contribution is 2.50. The Morgan fingerprint density at radius 1 is 1.06 bits per heavy atom. The molecular weight excluding hydrogens is 206 g/mol. The highest BCUT2D eigenvalue weighted by molar-refractivity contribution is 4.98. The largest absolute Gasteiger partial charge is 0.316 e. The van der Waals surface area contributed by atoms with E-state index in [0.29, 0.717) is 5.41 Å². The fourth-order valence-electron chi connectivity index (χ4n) is 4.87. The Morgan fingerprint density at radius 3 is 2.12 bits per heavy atom. The van der Waals surface area contributed by atoms with E-state index in [9.17, 15) is 0 Å². The lowest BCUT2D eigenvalue weighted by molar-refractivity contribution is 0.117. The maximum absolute atomic E-state index is 3.73. The predicted molar refractivity (Wildman–Crippen MR) is 75.2 cm³/mol. The van der Waals surface area contributed by atoms with E-state index >= 15 is 0 Å². The third-order valence-electron chi connectivity index (χ3n) is 5.26. The van der Waals surface area contributed by atoms with Crippen LogP contribution in [0.1, 0.15) is 71.6 Å². The number of nitrogens with one attached hydrogen (secondary N) is 1. The van der Waals surface area contributed by atoms with Crippen molar-refractivity contribution in [1.29, 1.82) is 0 Å². The Morgan fingerprint density at radius 2 is 1.65 bits per heavy atom. The van der Waals surface area contributed by atoms with Crippen LogP contribution in [0.5, 0.6) is 0 Å². The molecule has 0 bridgehead atoms. The average Bonchev–Trinajstić information content (AvgIpc) is 2.90. The highest BCUT2D eigenvalue weighted by atomic mass is 14.9. The van der Waals surface area contributed by atoms with Gasteiger partial charge in [0.25, 0.3) is 0 Å². The Labute approximate surface area is 108 Å². The third kappa shape index (κ3) is 2.86. The molecule has 0 spiro atoms. The summed E-state index contributed by atoms with van der Waals surface area (Å²) in [6, 6.07) is 0.801. The van der Waals surface area contributed by atoms with E-state index in [1.807, 2.05) is 0 Å². The van der Waals surface area contributed by atoms with Crippen molar-refractivity contribution in [3.8, 4) is 0 Å². The van der Waals surface area contributed by atoms with Crippen LogP contribution < -0.4 is 5.32 Å². The maximum atomic E-state index is 3.73. The number of hydrogen-bond donors (Lipinski definition) is 1. The van der Waals surface area contributed by atoms with Crippen LogP contribution >= 0.6 is 0 Å². The first-order valence-corrected chi connectivity index (χ1v) is 7.85. The minimum Gasteiger partial charge on any atom is -0.316 e. The summed E-state index contributed by atoms with van der Waals surface area (Å²) in [5, 5.41) is 3.73. The lowest BCUT2D eigenvalue weighted by Gasteiger charge is -2.42. The van der Waals surface area contributed by atoms with Crippen molar-refractivity contribution < 1.29 is 0 Å². The van der Waals surface area contributed by atoms with Gasteiger partial charge in [-0.25, -0.2) is 0 Å². The van der Waals surface area contributed by atoms with Crippen LogP contribution in [0.2, 0.25) is 0 Å². The van der Waals surface area contributed by atoms with Gasteiger partial charge in [0.15, 0.2) is 0 Å². The molecule has 1 heteroatoms. The van der Waals surface area contributed by atoms with E-state index in [-0.39, 0.29) is 0 Å². The SMILES string of the molecule is CNC(C1CCCC1)C1(CC(C)C)CCCC1. The minimum absolute atomic E-state index is 0.637. The third-order valence-corrected chi connectivity index (χ3v) is 5.26. The molecule has 1 N–H and O–H groups in total. The second-order valence-electron chi connectivity index (χ2n) is 6.98. The van der Waals surface area contributed by atoms with Crippen molar-refractivity contribution in [2.24, 2.45) is 17.3 Å². The van der Waals surface area contributed by atoms with Gasteiger partial charge >= 0.3 is 0 Å². The zero-order valence-electron chi connectivity index (χ0n) is 12.1. The van der Waals surface area contributed by atoms with Gasteiger partial charge in [0.1, 0.15) is 0 Å². The predicted octanol–water partition coefficient (Wildman–Crippen LogP) is 4.37. The molecule has 0 radical (unpaired) electrons. The van der Waals surface area contributed by atoms with E-state index in [1.54, 1.807) is 0 Å². The van der Waals surface area contributed by atoms with Gasteiger partial charge < -0.3 is 5.32 Å². The summed E-state index contributed by atoms with van der Waals surface area (Å²) in [5.41, 5.74) is 0.637. The van der Waals surface area contributed by atoms with Gasteiger partial charge in [0.2, 0.25) is 0 Å². The Bertz CT molecular complexity index is 222. The van der Waals surface area contributed by atoms with Crippen LogP contribution in [-0.4, -0.2) is 13.1 Å². The molecule has 2 aliphatic carbocycles. The molecule has 0 heterocycles. The standard InChI is InChI=1S/C16H31N/c1-13(2)12-16(10-6-7-11-16)15(17-3)14-8-4-5-9-14/h13-15,17H,4-12H2,1-3H3. The van der Waals surface area contributed by atoms with Gasteiger partial charge in [-0.15, -0.1) is 0 Å². The zero-order chi connectivity index (χ0) is 12.3. The molecule has 0 aromatic carbocycles. The van der Waals surface area contributed by atoms with Gasteiger partial charge in [0, 0.05) is 6.04 Å². The van der Waals surface area contributed by atoms with Gasteiger partial charge in [0.05, 0.1) is 0 Å². The van der Waals surface area contributed by atoms with Crippen molar-refractivity contribution in [1.82, 2.24) is 5.32 Å². The number of hydrogen-bond acceptors (Lipinski definition) is 1. The first-order valence-electron chi connectivity index (χ1n) is 7.85. The Kier molecular flexibility index (Phi) is 4.52. The Balaban J connectivity index is 2.11. The average molecular weight is 237 g/mol. The molecule has 100 valence electrons. The van der Waals surface area contributed by atoms with Crippen LogP contribution in [0.4, 0.5) is 0 Å². The first kappa shape index (κ1) is 13.4. The summed E-state index contributed by atoms with van der Waals surface area (Å²) in [4.78, 5) is 0. The second-order valence-corrected chi connectivity index (χ2v) is 6.98. The molecular formula is C16H31N. The summed E-state index contributed by atoms with van der Waals surface area (Å²) in [6.07, 6.45) is 13.2. The van der Waals surface area contributed by atoms with Crippen LogP contribution in [-0.2, 0) is 0 Å². The molecule has 0 aromatic heterocycles. The quantitative estimate of drug-likeness (QED) is 0.748. The summed E-state index contributed by atoms with van der Waals surface area (Å²) >= 11 is 0. The molecule has 2 rings (SSSR count). The molecule has 0 aromatic rings. The van der Waals surface area contributed by atoms with Gasteiger partial charge in [-0.2, -0.15) is 0 Å². The summed E-state index contributed by atoms with van der Waals surface area (Å²) in [7, 11) is 2.21. The topological polar surface area (TPSA) is 12.0 Å². The van der Waals surface area contributed by atoms with Crippen molar-refractivity contribution in [3.05, 3.63) is 0 Å². The van der Waals surface area contributed by atoms with Gasteiger partial charge in [-0.1, -0.05) is 39.5 Å². The van der Waals surface area contributed by atoms with Gasteiger partial charge in [-0.3, -0.25) is 0 Å². The van der Waals surface area contributed by atoms with Crippen molar-refractivity contribution in [3.63, 3.8) is 0 Å². The first-order chi connectivity index (χ1) is 8.18. The van der Waals surface area contributed by atoms with E-state index in [0.717, 1.165) is 17.9 Å². The van der Waals surface area contributed by atoms with E-state index in [4.69, 9.17) is 0 Å². The van der Waals surface area contributed by atoms with E-state index in [1.165, 1.54) is 57.8 Å². The van der Waals surface area contributed by atoms with Crippen LogP contribution in [0.15, 0.2) is 0 Å². The van der Waals surface area contributed by atoms with Crippen molar-refractivity contribution in [2.75, 3.05) is 7.05 Å². The summed E-state index contributed by atoms with van der Waals surface area (Å²) in [6.45, 7) is 4.81. The fourth-order valence-corrected chi connectivity index (χ4v) is 4.87. The van der Waals surface area contributed by atoms with Crippen LogP contribution in [0.3, 0.4) is 0 Å². The minimum atomic E-state index is 0.637. The maximum Gasteiger partial charge on any atom is 0.0149 e. The van der Waals surface area contributed by atoms with E-state index < -0.39 is 0 Å². The molecule has 1 atom stereocenters. The lowest BCUT2D eigenvalue weighted by Crippen LogP contribution is -2.47. The highest BCUT2D eigenvalue weighted by Gasteiger charge is 2.44. The van der Waals surface area contributed by atoms with Crippen molar-refractivity contribution in [2.45, 2.75) is 77.7 Å². The van der Waals surface area contributed by atoms with E-state index in [2.05, 4.69) is 26.2 Å². The molecule has 0 amide bonds. The zero-order valence-corrected chi connectivity index (χ0v) is 12.1. The van der Waals surface area contributed by atoms with Crippen LogP contribution in [0, 0.1) is 17.3 Å². The van der Waals surface area contributed by atoms with Crippen LogP contribution in [0.25, 0.3) is 0 Å². The molecule has 2 saturated carbocycles. The second kappa shape index (κ2) is 5.73.